The van der Waals surface area contributed by atoms with Crippen LogP contribution in [0.5, 0.6) is 0 Å². The predicted octanol–water partition coefficient (Wildman–Crippen LogP) is 0.148. The van der Waals surface area contributed by atoms with E-state index < -0.39 is 0 Å². The van der Waals surface area contributed by atoms with Crippen LogP contribution in [0.4, 0.5) is 0 Å². The lowest BCUT2D eigenvalue weighted by atomic mass is 10.2. The first-order chi connectivity index (χ1) is 3.79. The molecule has 0 aliphatic carbocycles. The highest BCUT2D eigenvalue weighted by molar-refractivity contribution is 7.80. The third-order valence-corrected chi connectivity index (χ3v) is 1.29. The Morgan fingerprint density at radius 3 is 3.00 bits per heavy atom. The van der Waals surface area contributed by atoms with Crippen molar-refractivity contribution in [3.63, 3.8) is 0 Å². The van der Waals surface area contributed by atoms with Crippen molar-refractivity contribution in [2.24, 2.45) is 5.73 Å². The summed E-state index contributed by atoms with van der Waals surface area (Å²) in [5, 5.41) is 2.88. The molecule has 44 valence electrons. The second kappa shape index (κ2) is 2.24. The van der Waals surface area contributed by atoms with E-state index in [1.165, 1.54) is 0 Å². The molecule has 1 aliphatic heterocycles. The monoisotopic (exact) mass is 128 g/mol. The molecular formula is C5H8N2S. The lowest BCUT2D eigenvalue weighted by molar-refractivity contribution is 0.826. The SMILES string of the molecule is NC1C=CNC(=S)C1. The summed E-state index contributed by atoms with van der Waals surface area (Å²) in [4.78, 5) is 0.833. The number of nitrogens with two attached hydrogens (primary N) is 1. The van der Waals surface area contributed by atoms with E-state index in [4.69, 9.17) is 18.0 Å². The van der Waals surface area contributed by atoms with E-state index in [1.54, 1.807) is 6.20 Å². The Kier molecular flexibility index (Phi) is 1.60. The fourth-order valence-electron chi connectivity index (χ4n) is 0.606. The summed E-state index contributed by atoms with van der Waals surface area (Å²) in [5.74, 6) is 0. The summed E-state index contributed by atoms with van der Waals surface area (Å²) < 4.78 is 0. The summed E-state index contributed by atoms with van der Waals surface area (Å²) in [7, 11) is 0. The molecule has 1 rings (SSSR count). The van der Waals surface area contributed by atoms with E-state index in [0.29, 0.717) is 0 Å². The van der Waals surface area contributed by atoms with Crippen molar-refractivity contribution >= 4 is 17.2 Å². The highest BCUT2D eigenvalue weighted by Crippen LogP contribution is 1.96. The second-order valence-corrected chi connectivity index (χ2v) is 2.29. The van der Waals surface area contributed by atoms with Crippen LogP contribution in [0.3, 0.4) is 0 Å². The van der Waals surface area contributed by atoms with Gasteiger partial charge in [0.05, 0.1) is 4.99 Å². The van der Waals surface area contributed by atoms with Crippen molar-refractivity contribution in [2.75, 3.05) is 0 Å². The molecule has 0 aromatic carbocycles. The molecule has 0 bridgehead atoms. The molecule has 0 saturated carbocycles. The number of rotatable bonds is 0. The van der Waals surface area contributed by atoms with E-state index in [9.17, 15) is 0 Å². The lowest BCUT2D eigenvalue weighted by Gasteiger charge is -2.12. The van der Waals surface area contributed by atoms with Gasteiger partial charge in [-0.1, -0.05) is 18.3 Å². The smallest absolute Gasteiger partial charge is 0.0811 e. The maximum atomic E-state index is 5.51. The van der Waals surface area contributed by atoms with E-state index in [2.05, 4.69) is 5.32 Å². The van der Waals surface area contributed by atoms with Gasteiger partial charge in [0.25, 0.3) is 0 Å². The molecule has 0 aromatic heterocycles. The second-order valence-electron chi connectivity index (χ2n) is 1.79. The van der Waals surface area contributed by atoms with Gasteiger partial charge in [-0.2, -0.15) is 0 Å². The van der Waals surface area contributed by atoms with Gasteiger partial charge < -0.3 is 11.1 Å². The molecule has 0 amide bonds. The molecule has 0 radical (unpaired) electrons. The molecule has 8 heavy (non-hydrogen) atoms. The van der Waals surface area contributed by atoms with Gasteiger partial charge in [-0.05, 0) is 6.20 Å². The summed E-state index contributed by atoms with van der Waals surface area (Å²) in [6.07, 6.45) is 4.47. The Labute approximate surface area is 53.8 Å². The first kappa shape index (κ1) is 5.72. The van der Waals surface area contributed by atoms with Crippen molar-refractivity contribution in [1.82, 2.24) is 5.32 Å². The fourth-order valence-corrected chi connectivity index (χ4v) is 0.866. The maximum absolute atomic E-state index is 5.51. The molecular weight excluding hydrogens is 120 g/mol. The number of hydrogen-bond donors (Lipinski definition) is 2. The van der Waals surface area contributed by atoms with Crippen molar-refractivity contribution in [1.29, 1.82) is 0 Å². The van der Waals surface area contributed by atoms with Gasteiger partial charge in [0.15, 0.2) is 0 Å². The molecule has 3 N–H and O–H groups in total. The van der Waals surface area contributed by atoms with Crippen molar-refractivity contribution in [3.8, 4) is 0 Å². The quantitative estimate of drug-likeness (QED) is 0.456. The summed E-state index contributed by atoms with van der Waals surface area (Å²) >= 11 is 4.84. The Hall–Kier alpha value is -0.410. The van der Waals surface area contributed by atoms with E-state index in [-0.39, 0.29) is 6.04 Å². The topological polar surface area (TPSA) is 38.0 Å². The average Bonchev–Trinajstić information content (AvgIpc) is 1.64. The first-order valence-electron chi connectivity index (χ1n) is 2.50. The lowest BCUT2D eigenvalue weighted by Crippen LogP contribution is -2.31. The highest BCUT2D eigenvalue weighted by Gasteiger charge is 2.04. The minimum absolute atomic E-state index is 0.128. The van der Waals surface area contributed by atoms with Crippen LogP contribution in [0.15, 0.2) is 12.3 Å². The maximum Gasteiger partial charge on any atom is 0.0811 e. The molecule has 2 nitrogen and oxygen atoms in total. The Bertz CT molecular complexity index is 130. The molecule has 0 saturated heterocycles. The van der Waals surface area contributed by atoms with Crippen molar-refractivity contribution in [2.45, 2.75) is 12.5 Å². The molecule has 1 unspecified atom stereocenters. The van der Waals surface area contributed by atoms with Crippen LogP contribution in [0, 0.1) is 0 Å². The zero-order chi connectivity index (χ0) is 5.98. The highest BCUT2D eigenvalue weighted by atomic mass is 32.1. The van der Waals surface area contributed by atoms with Crippen LogP contribution in [0.2, 0.25) is 0 Å². The van der Waals surface area contributed by atoms with Crippen LogP contribution in [0.1, 0.15) is 6.42 Å². The third-order valence-electron chi connectivity index (χ3n) is 1.01. The van der Waals surface area contributed by atoms with Crippen molar-refractivity contribution < 1.29 is 0 Å². The van der Waals surface area contributed by atoms with Crippen LogP contribution >= 0.6 is 12.2 Å². The minimum atomic E-state index is 0.128. The zero-order valence-corrected chi connectivity index (χ0v) is 5.24. The largest absolute Gasteiger partial charge is 0.356 e. The fraction of sp³-hybridized carbons (Fsp3) is 0.400. The predicted molar refractivity (Wildman–Crippen MR) is 37.5 cm³/mol. The standard InChI is InChI=1S/C5H8N2S/c6-4-1-2-7-5(8)3-4/h1-2,4H,3,6H2,(H,7,8). The van der Waals surface area contributed by atoms with Gasteiger partial charge in [-0.3, -0.25) is 0 Å². The average molecular weight is 128 g/mol. The van der Waals surface area contributed by atoms with Gasteiger partial charge in [-0.25, -0.2) is 0 Å². The van der Waals surface area contributed by atoms with Gasteiger partial charge in [0, 0.05) is 12.5 Å². The molecule has 1 aliphatic rings. The molecule has 0 spiro atoms. The number of nitrogens with one attached hydrogen (secondary N) is 1. The summed E-state index contributed by atoms with van der Waals surface area (Å²) in [6.45, 7) is 0. The first-order valence-corrected chi connectivity index (χ1v) is 2.91. The Balaban J connectivity index is 2.54. The van der Waals surface area contributed by atoms with Crippen molar-refractivity contribution in [3.05, 3.63) is 12.3 Å². The number of thiocarbonyl (C=S) groups is 1. The normalized spacial score (nSPS) is 27.6. The molecule has 0 aromatic rings. The summed E-state index contributed by atoms with van der Waals surface area (Å²) in [6, 6.07) is 0.128. The van der Waals surface area contributed by atoms with E-state index in [0.717, 1.165) is 11.4 Å². The van der Waals surface area contributed by atoms with E-state index >= 15 is 0 Å². The molecule has 0 fully saturated rings. The molecule has 1 atom stereocenters. The summed E-state index contributed by atoms with van der Waals surface area (Å²) in [5.41, 5.74) is 5.51. The van der Waals surface area contributed by atoms with Gasteiger partial charge in [0.1, 0.15) is 0 Å². The molecule has 1 heterocycles. The molecule has 3 heteroatoms. The minimum Gasteiger partial charge on any atom is -0.356 e. The van der Waals surface area contributed by atoms with Gasteiger partial charge in [0.2, 0.25) is 0 Å². The van der Waals surface area contributed by atoms with E-state index in [1.807, 2.05) is 6.08 Å². The van der Waals surface area contributed by atoms with Crippen LogP contribution in [-0.2, 0) is 0 Å². The van der Waals surface area contributed by atoms with Crippen LogP contribution in [0.25, 0.3) is 0 Å². The van der Waals surface area contributed by atoms with Crippen LogP contribution < -0.4 is 11.1 Å². The number of hydrogen-bond acceptors (Lipinski definition) is 2. The van der Waals surface area contributed by atoms with Gasteiger partial charge in [-0.15, -0.1) is 0 Å². The van der Waals surface area contributed by atoms with Gasteiger partial charge >= 0.3 is 0 Å². The Morgan fingerprint density at radius 1 is 1.88 bits per heavy atom. The Morgan fingerprint density at radius 2 is 2.62 bits per heavy atom. The van der Waals surface area contributed by atoms with Crippen LogP contribution in [-0.4, -0.2) is 11.0 Å². The third kappa shape index (κ3) is 1.28. The zero-order valence-electron chi connectivity index (χ0n) is 4.42.